The Balaban J connectivity index is 3.45. The predicted octanol–water partition coefficient (Wildman–Crippen LogP) is 4.53. The van der Waals surface area contributed by atoms with E-state index in [2.05, 4.69) is 0 Å². The van der Waals surface area contributed by atoms with Gasteiger partial charge in [0.15, 0.2) is 0 Å². The monoisotopic (exact) mass is 493 g/mol. The Hall–Kier alpha value is -1.86. The van der Waals surface area contributed by atoms with Gasteiger partial charge < -0.3 is 9.47 Å². The minimum atomic E-state index is -5.24. The van der Waals surface area contributed by atoms with Crippen LogP contribution in [0.4, 0.5) is 26.3 Å². The van der Waals surface area contributed by atoms with E-state index >= 15 is 0 Å². The maximum Gasteiger partial charge on any atom is 0.416 e. The molecule has 1 aromatic carbocycles. The highest BCUT2D eigenvalue weighted by atomic mass is 32.2. The van der Waals surface area contributed by atoms with Crippen molar-refractivity contribution in [2.75, 3.05) is 6.61 Å². The Bertz CT molecular complexity index is 895. The van der Waals surface area contributed by atoms with Crippen LogP contribution in [-0.2, 0) is 36.6 Å². The molecule has 1 atom stereocenters. The van der Waals surface area contributed by atoms with Crippen LogP contribution in [0, 0.1) is 0 Å². The largest absolute Gasteiger partial charge is 0.459 e. The number of halogens is 6. The topological polar surface area (TPSA) is 81.7 Å². The third-order valence-electron chi connectivity index (χ3n) is 3.54. The Morgan fingerprint density at radius 3 is 1.66 bits per heavy atom. The Kier molecular flexibility index (Phi) is 8.08. The van der Waals surface area contributed by atoms with Gasteiger partial charge in [0, 0.05) is 0 Å². The van der Waals surface area contributed by atoms with E-state index in [0.717, 1.165) is 0 Å². The first-order valence-corrected chi connectivity index (χ1v) is 10.7. The number of nitrogens with one attached hydrogen (secondary N) is 1. The fourth-order valence-electron chi connectivity index (χ4n) is 2.19. The van der Waals surface area contributed by atoms with E-state index < -0.39 is 68.2 Å². The highest BCUT2D eigenvalue weighted by Gasteiger charge is 2.39. The molecule has 0 spiro atoms. The number of ether oxygens (including phenoxy) is 2. The molecule has 0 aliphatic carbocycles. The minimum absolute atomic E-state index is 0.0499. The number of alkyl halides is 6. The summed E-state index contributed by atoms with van der Waals surface area (Å²) in [4.78, 5) is 11.1. The molecule has 0 bridgehead atoms. The van der Waals surface area contributed by atoms with E-state index in [1.807, 2.05) is 0 Å². The van der Waals surface area contributed by atoms with Crippen molar-refractivity contribution in [3.05, 3.63) is 29.3 Å². The summed E-state index contributed by atoms with van der Waals surface area (Å²) in [5.41, 5.74) is -5.52. The van der Waals surface area contributed by atoms with Gasteiger partial charge in [0.1, 0.15) is 11.6 Å². The lowest BCUT2D eigenvalue weighted by molar-refractivity contribution is -0.160. The first-order chi connectivity index (χ1) is 14.0. The first-order valence-electron chi connectivity index (χ1n) is 9.20. The second-order valence-electron chi connectivity index (χ2n) is 8.87. The molecular weight excluding hydrogens is 468 g/mol. The molecule has 0 unspecified atom stereocenters. The Labute approximate surface area is 182 Å². The van der Waals surface area contributed by atoms with Crippen molar-refractivity contribution in [1.29, 1.82) is 0 Å². The zero-order valence-corrected chi connectivity index (χ0v) is 19.1. The maximum absolute atomic E-state index is 13.1. The highest BCUT2D eigenvalue weighted by molar-refractivity contribution is 7.89. The lowest BCUT2D eigenvalue weighted by atomic mass is 10.1. The van der Waals surface area contributed by atoms with Crippen molar-refractivity contribution in [2.45, 2.75) is 76.0 Å². The molecule has 1 aromatic rings. The second kappa shape index (κ2) is 9.18. The van der Waals surface area contributed by atoms with Gasteiger partial charge in [0.25, 0.3) is 0 Å². The zero-order chi connectivity index (χ0) is 25.3. The predicted molar refractivity (Wildman–Crippen MR) is 102 cm³/mol. The number of hydrogen-bond acceptors (Lipinski definition) is 5. The molecule has 1 N–H and O–H groups in total. The lowest BCUT2D eigenvalue weighted by Gasteiger charge is -2.27. The molecule has 0 amide bonds. The summed E-state index contributed by atoms with van der Waals surface area (Å²) in [5.74, 6) is -1.12. The van der Waals surface area contributed by atoms with Crippen LogP contribution in [0.3, 0.4) is 0 Å². The van der Waals surface area contributed by atoms with Gasteiger partial charge in [-0.05, 0) is 59.7 Å². The summed E-state index contributed by atoms with van der Waals surface area (Å²) in [6.45, 7) is 8.67. The number of esters is 1. The zero-order valence-electron chi connectivity index (χ0n) is 18.2. The molecular formula is C19H25F6NO5S. The van der Waals surface area contributed by atoms with Gasteiger partial charge >= 0.3 is 18.3 Å². The molecule has 0 saturated heterocycles. The van der Waals surface area contributed by atoms with Crippen molar-refractivity contribution in [3.8, 4) is 0 Å². The van der Waals surface area contributed by atoms with Gasteiger partial charge in [-0.2, -0.15) is 31.1 Å². The third-order valence-corrected chi connectivity index (χ3v) is 4.99. The smallest absolute Gasteiger partial charge is 0.416 e. The van der Waals surface area contributed by atoms with Crippen molar-refractivity contribution < 1.29 is 49.0 Å². The van der Waals surface area contributed by atoms with Crippen LogP contribution < -0.4 is 4.72 Å². The Morgan fingerprint density at radius 1 is 0.875 bits per heavy atom. The summed E-state index contributed by atoms with van der Waals surface area (Å²) in [7, 11) is -5.02. The molecule has 6 nitrogen and oxygen atoms in total. The minimum Gasteiger partial charge on any atom is -0.459 e. The van der Waals surface area contributed by atoms with E-state index in [1.165, 1.54) is 20.8 Å². The number of rotatable bonds is 6. The normalized spacial score (nSPS) is 14.9. The SMILES string of the molecule is CC(C)(C)OC[C@H](NS(=O)(=O)c1cc(C(F)(F)F)cc(C(F)(F)F)c1)C(=O)OC(C)(C)C. The number of hydrogen-bond donors (Lipinski definition) is 1. The molecule has 1 rings (SSSR count). The number of carbonyl (C=O) groups is 1. The summed E-state index contributed by atoms with van der Waals surface area (Å²) in [5, 5.41) is 0. The third kappa shape index (κ3) is 8.94. The van der Waals surface area contributed by atoms with Crippen LogP contribution in [0.15, 0.2) is 23.1 Å². The van der Waals surface area contributed by atoms with Gasteiger partial charge in [0.2, 0.25) is 10.0 Å². The molecule has 13 heteroatoms. The van der Waals surface area contributed by atoms with Gasteiger partial charge in [-0.1, -0.05) is 0 Å². The second-order valence-corrected chi connectivity index (χ2v) is 10.6. The van der Waals surface area contributed by atoms with E-state index in [-0.39, 0.29) is 18.2 Å². The van der Waals surface area contributed by atoms with Gasteiger partial charge in [-0.3, -0.25) is 4.79 Å². The number of benzene rings is 1. The quantitative estimate of drug-likeness (QED) is 0.465. The van der Waals surface area contributed by atoms with Crippen LogP contribution in [0.5, 0.6) is 0 Å². The Morgan fingerprint density at radius 2 is 1.31 bits per heavy atom. The van der Waals surface area contributed by atoms with E-state index in [1.54, 1.807) is 25.5 Å². The number of carbonyl (C=O) groups excluding carboxylic acids is 1. The van der Waals surface area contributed by atoms with Crippen molar-refractivity contribution in [3.63, 3.8) is 0 Å². The van der Waals surface area contributed by atoms with Gasteiger partial charge in [-0.15, -0.1) is 0 Å². The van der Waals surface area contributed by atoms with Gasteiger partial charge in [-0.25, -0.2) is 8.42 Å². The van der Waals surface area contributed by atoms with E-state index in [0.29, 0.717) is 0 Å². The summed E-state index contributed by atoms with van der Waals surface area (Å²) < 4.78 is 116. The van der Waals surface area contributed by atoms with Crippen molar-refractivity contribution in [2.24, 2.45) is 0 Å². The van der Waals surface area contributed by atoms with E-state index in [9.17, 15) is 39.6 Å². The fourth-order valence-corrected chi connectivity index (χ4v) is 3.43. The van der Waals surface area contributed by atoms with Crippen molar-refractivity contribution >= 4 is 16.0 Å². The summed E-state index contributed by atoms with van der Waals surface area (Å²) >= 11 is 0. The van der Waals surface area contributed by atoms with E-state index in [4.69, 9.17) is 9.47 Å². The van der Waals surface area contributed by atoms with Crippen LogP contribution in [-0.4, -0.2) is 38.2 Å². The van der Waals surface area contributed by atoms with Crippen molar-refractivity contribution in [1.82, 2.24) is 4.72 Å². The molecule has 0 saturated carbocycles. The molecule has 184 valence electrons. The maximum atomic E-state index is 13.1. The molecule has 0 aliphatic rings. The average molecular weight is 493 g/mol. The molecule has 0 aliphatic heterocycles. The fraction of sp³-hybridized carbons (Fsp3) is 0.632. The van der Waals surface area contributed by atoms with Crippen LogP contribution >= 0.6 is 0 Å². The van der Waals surface area contributed by atoms with Gasteiger partial charge in [0.05, 0.1) is 28.2 Å². The molecule has 0 radical (unpaired) electrons. The first kappa shape index (κ1) is 28.2. The van der Waals surface area contributed by atoms with Crippen LogP contribution in [0.25, 0.3) is 0 Å². The van der Waals surface area contributed by atoms with Crippen LogP contribution in [0.2, 0.25) is 0 Å². The summed E-state index contributed by atoms with van der Waals surface area (Å²) in [6, 6.07) is -1.84. The standard InChI is InChI=1S/C19H25F6NO5S/c1-16(2,3)30-10-14(15(27)31-17(4,5)6)26-32(28,29)13-8-11(18(20,21)22)7-12(9-13)19(23,24)25/h7-9,14,26H,10H2,1-6H3/t14-/m0/s1. The summed E-state index contributed by atoms with van der Waals surface area (Å²) in [6.07, 6.45) is -10.5. The number of sulfonamides is 1. The average Bonchev–Trinajstić information content (AvgIpc) is 2.54. The molecule has 0 aromatic heterocycles. The highest BCUT2D eigenvalue weighted by Crippen LogP contribution is 2.37. The molecule has 0 heterocycles. The van der Waals surface area contributed by atoms with Crippen LogP contribution in [0.1, 0.15) is 52.7 Å². The lowest BCUT2D eigenvalue weighted by Crippen LogP contribution is -2.48. The molecule has 32 heavy (non-hydrogen) atoms. The molecule has 0 fully saturated rings.